The van der Waals surface area contributed by atoms with E-state index in [9.17, 15) is 23.2 Å². The van der Waals surface area contributed by atoms with Gasteiger partial charge in [-0.25, -0.2) is 18.7 Å². The van der Waals surface area contributed by atoms with Crippen LogP contribution >= 0.6 is 0 Å². The number of para-hydroxylation sites is 2. The summed E-state index contributed by atoms with van der Waals surface area (Å²) in [4.78, 5) is 55.8. The lowest BCUT2D eigenvalue weighted by Crippen LogP contribution is -2.40. The van der Waals surface area contributed by atoms with Gasteiger partial charge in [-0.05, 0) is 121 Å². The molecule has 2 heterocycles. The minimum Gasteiger partial charge on any atom is -0.331 e. The molecular weight excluding hydrogens is 799 g/mol. The molecule has 11 nitrogen and oxygen atoms in total. The molecule has 0 radical (unpaired) electrons. The number of nitrogens with zero attached hydrogens (tertiary/aromatic N) is 7. The van der Waals surface area contributed by atoms with E-state index in [-0.39, 0.29) is 34.7 Å². The van der Waals surface area contributed by atoms with Gasteiger partial charge in [0.1, 0.15) is 23.3 Å². The summed E-state index contributed by atoms with van der Waals surface area (Å²) in [6.45, 7) is 8.97. The first kappa shape index (κ1) is 48.4. The van der Waals surface area contributed by atoms with Crippen molar-refractivity contribution in [1.29, 1.82) is 0 Å². The van der Waals surface area contributed by atoms with Crippen LogP contribution in [0.15, 0.2) is 107 Å². The van der Waals surface area contributed by atoms with Gasteiger partial charge >= 0.3 is 0 Å². The predicted octanol–water partition coefficient (Wildman–Crippen LogP) is 8.85. The lowest BCUT2D eigenvalue weighted by molar-refractivity contribution is -0.133. The third kappa shape index (κ3) is 13.2. The number of halogens is 2. The average molecular weight is 863 g/mol. The number of carbonyl (C=O) groups is 1. The number of rotatable bonds is 20. The molecular formula is C50H64F2N8O3. The van der Waals surface area contributed by atoms with Gasteiger partial charge in [-0.2, -0.15) is 0 Å². The number of benzene rings is 4. The van der Waals surface area contributed by atoms with Gasteiger partial charge in [0.25, 0.3) is 11.1 Å². The molecule has 13 heteroatoms. The fraction of sp³-hybridized carbons (Fsp3) is 0.420. The fourth-order valence-electron chi connectivity index (χ4n) is 7.50. The lowest BCUT2D eigenvalue weighted by Gasteiger charge is -2.31. The van der Waals surface area contributed by atoms with Crippen molar-refractivity contribution in [2.75, 3.05) is 54.4 Å². The summed E-state index contributed by atoms with van der Waals surface area (Å²) in [5.41, 5.74) is 1.99. The van der Waals surface area contributed by atoms with Gasteiger partial charge in [0.05, 0.1) is 45.3 Å². The molecule has 63 heavy (non-hydrogen) atoms. The van der Waals surface area contributed by atoms with Gasteiger partial charge in [-0.1, -0.05) is 69.7 Å². The molecule has 0 bridgehead atoms. The van der Waals surface area contributed by atoms with Crippen molar-refractivity contribution in [2.24, 2.45) is 0 Å². The number of likely N-dealkylation sites (N-methyl/N-ethyl adjacent to an activating group) is 2. The highest BCUT2D eigenvalue weighted by Crippen LogP contribution is 2.25. The number of nitrogens with one attached hydrogen (secondary N) is 1. The van der Waals surface area contributed by atoms with Gasteiger partial charge in [-0.3, -0.25) is 23.5 Å². The van der Waals surface area contributed by atoms with Crippen LogP contribution in [0, 0.1) is 11.6 Å². The molecule has 0 fully saturated rings. The zero-order valence-electron chi connectivity index (χ0n) is 38.0. The molecule has 2 aromatic heterocycles. The Balaban J connectivity index is 0.000000252. The Labute approximate surface area is 370 Å². The standard InChI is InChI=1S/C30H41FN4O2.C20H23FN4O/c1-5-6-7-8-9-10-11-16-28(36)34(22-21-33(3)4)23(2)29-32-27-15-13-12-14-26(27)30(37)35(29)25-19-17-24(31)18-20-25;1-14(22-12-13-24(2)3)19-23-18-7-5-4-6-17(18)20(26)25(19)16-10-8-15(21)9-11-16/h12-15,17-20,23H,5-11,16,21-22H2,1-4H3;4-11,14,22H,12-13H2,1-3H3. The Morgan fingerprint density at radius 2 is 1.08 bits per heavy atom. The summed E-state index contributed by atoms with van der Waals surface area (Å²) in [5, 5.41) is 4.43. The molecule has 1 amide bonds. The van der Waals surface area contributed by atoms with Crippen LogP contribution in [0.1, 0.15) is 95.9 Å². The Morgan fingerprint density at radius 3 is 1.59 bits per heavy atom. The van der Waals surface area contributed by atoms with E-state index in [0.29, 0.717) is 64.3 Å². The van der Waals surface area contributed by atoms with Crippen LogP contribution in [0.25, 0.3) is 33.2 Å². The van der Waals surface area contributed by atoms with Crippen molar-refractivity contribution in [3.05, 3.63) is 141 Å². The number of hydrogen-bond acceptors (Lipinski definition) is 8. The van der Waals surface area contributed by atoms with E-state index < -0.39 is 6.04 Å². The van der Waals surface area contributed by atoms with Crippen molar-refractivity contribution in [2.45, 2.75) is 84.2 Å². The minimum absolute atomic E-state index is 0.0657. The van der Waals surface area contributed by atoms with Crippen LogP contribution in [-0.2, 0) is 4.79 Å². The first-order valence-electron chi connectivity index (χ1n) is 22.2. The molecule has 0 aliphatic rings. The van der Waals surface area contributed by atoms with Crippen molar-refractivity contribution in [1.82, 2.24) is 39.1 Å². The Kier molecular flexibility index (Phi) is 18.2. The summed E-state index contributed by atoms with van der Waals surface area (Å²) < 4.78 is 30.1. The number of hydrogen-bond donors (Lipinski definition) is 1. The molecule has 6 aromatic rings. The normalized spacial score (nSPS) is 12.4. The molecule has 4 aromatic carbocycles. The van der Waals surface area contributed by atoms with E-state index in [1.807, 2.05) is 82.2 Å². The van der Waals surface area contributed by atoms with Crippen molar-refractivity contribution in [3.8, 4) is 11.4 Å². The zero-order valence-corrected chi connectivity index (χ0v) is 38.0. The summed E-state index contributed by atoms with van der Waals surface area (Å²) in [6, 6.07) is 25.6. The van der Waals surface area contributed by atoms with Crippen LogP contribution in [0.3, 0.4) is 0 Å². The monoisotopic (exact) mass is 863 g/mol. The highest BCUT2D eigenvalue weighted by atomic mass is 19.1. The molecule has 2 unspecified atom stereocenters. The third-order valence-electron chi connectivity index (χ3n) is 11.1. The summed E-state index contributed by atoms with van der Waals surface area (Å²) in [5.74, 6) is 0.434. The maximum Gasteiger partial charge on any atom is 0.266 e. The van der Waals surface area contributed by atoms with Gasteiger partial charge in [0, 0.05) is 32.6 Å². The maximum atomic E-state index is 13.7. The number of fused-ring (bicyclic) bond motifs is 2. The van der Waals surface area contributed by atoms with Crippen LogP contribution in [0.2, 0.25) is 0 Å². The summed E-state index contributed by atoms with van der Waals surface area (Å²) >= 11 is 0. The molecule has 336 valence electrons. The Morgan fingerprint density at radius 1 is 0.619 bits per heavy atom. The lowest BCUT2D eigenvalue weighted by atomic mass is 10.1. The largest absolute Gasteiger partial charge is 0.331 e. The second-order valence-electron chi connectivity index (χ2n) is 16.6. The molecule has 0 saturated heterocycles. The molecule has 2 atom stereocenters. The Bertz CT molecular complexity index is 2500. The molecule has 0 saturated carbocycles. The second-order valence-corrected chi connectivity index (χ2v) is 16.6. The smallest absolute Gasteiger partial charge is 0.266 e. The van der Waals surface area contributed by atoms with Crippen molar-refractivity contribution >= 4 is 27.7 Å². The maximum absolute atomic E-state index is 13.7. The number of unbranched alkanes of at least 4 members (excludes halogenated alkanes) is 6. The minimum atomic E-state index is -0.445. The van der Waals surface area contributed by atoms with Crippen molar-refractivity contribution in [3.63, 3.8) is 0 Å². The SMILES string of the molecule is CC(NCCN(C)C)c1nc2ccccc2c(=O)n1-c1ccc(F)cc1.CCCCCCCCCC(=O)N(CCN(C)C)C(C)c1nc2ccccc2c(=O)n1-c1ccc(F)cc1. The average Bonchev–Trinajstić information content (AvgIpc) is 3.27. The summed E-state index contributed by atoms with van der Waals surface area (Å²) in [7, 11) is 7.98. The van der Waals surface area contributed by atoms with Crippen LogP contribution in [0.5, 0.6) is 0 Å². The molecule has 0 aliphatic heterocycles. The van der Waals surface area contributed by atoms with Gasteiger partial charge in [0.15, 0.2) is 0 Å². The Hall–Kier alpha value is -5.63. The molecule has 0 spiro atoms. The quantitative estimate of drug-likeness (QED) is 0.0760. The van der Waals surface area contributed by atoms with Crippen LogP contribution in [-0.4, -0.2) is 94.1 Å². The third-order valence-corrected chi connectivity index (χ3v) is 11.1. The van der Waals surface area contributed by atoms with E-state index in [0.717, 1.165) is 32.4 Å². The molecule has 6 rings (SSSR count). The van der Waals surface area contributed by atoms with Crippen molar-refractivity contribution < 1.29 is 13.6 Å². The molecule has 1 N–H and O–H groups in total. The van der Waals surface area contributed by atoms with E-state index in [1.54, 1.807) is 47.0 Å². The van der Waals surface area contributed by atoms with E-state index in [2.05, 4.69) is 17.1 Å². The second kappa shape index (κ2) is 23.7. The fourth-order valence-corrected chi connectivity index (χ4v) is 7.50. The van der Waals surface area contributed by atoms with Crippen LogP contribution < -0.4 is 16.4 Å². The highest BCUT2D eigenvalue weighted by Gasteiger charge is 2.27. The first-order valence-corrected chi connectivity index (χ1v) is 22.2. The highest BCUT2D eigenvalue weighted by molar-refractivity contribution is 5.79. The number of carbonyl (C=O) groups excluding carboxylic acids is 1. The van der Waals surface area contributed by atoms with E-state index in [4.69, 9.17) is 9.97 Å². The van der Waals surface area contributed by atoms with Gasteiger partial charge in [-0.15, -0.1) is 0 Å². The van der Waals surface area contributed by atoms with Gasteiger partial charge in [0.2, 0.25) is 5.91 Å². The topological polar surface area (TPSA) is 109 Å². The van der Waals surface area contributed by atoms with Gasteiger partial charge < -0.3 is 20.0 Å². The zero-order chi connectivity index (χ0) is 45.5. The van der Waals surface area contributed by atoms with E-state index >= 15 is 0 Å². The predicted molar refractivity (Wildman–Crippen MR) is 251 cm³/mol. The number of aromatic nitrogens is 4. The van der Waals surface area contributed by atoms with E-state index in [1.165, 1.54) is 54.5 Å². The summed E-state index contributed by atoms with van der Waals surface area (Å²) in [6.07, 6.45) is 8.48. The first-order chi connectivity index (χ1) is 30.3. The number of amides is 1. The van der Waals surface area contributed by atoms with Crippen LogP contribution in [0.4, 0.5) is 8.78 Å². The molecule has 0 aliphatic carbocycles.